The van der Waals surface area contributed by atoms with Crippen LogP contribution in [0.4, 0.5) is 0 Å². The van der Waals surface area contributed by atoms with Crippen LogP contribution >= 0.6 is 0 Å². The number of fused-ring (bicyclic) bond motifs is 8. The van der Waals surface area contributed by atoms with Gasteiger partial charge >= 0.3 is 0 Å². The Bertz CT molecular complexity index is 2170. The van der Waals surface area contributed by atoms with E-state index in [0.717, 1.165) is 12.8 Å². The van der Waals surface area contributed by atoms with Gasteiger partial charge < -0.3 is 0 Å². The van der Waals surface area contributed by atoms with Crippen molar-refractivity contribution in [2.24, 2.45) is 0 Å². The monoisotopic (exact) mass is 588 g/mol. The third-order valence-electron chi connectivity index (χ3n) is 10.9. The molecule has 0 aromatic heterocycles. The molecule has 46 heavy (non-hydrogen) atoms. The summed E-state index contributed by atoms with van der Waals surface area (Å²) in [5.74, 6) is 0. The second-order valence-corrected chi connectivity index (χ2v) is 13.6. The van der Waals surface area contributed by atoms with Gasteiger partial charge in [0.15, 0.2) is 0 Å². The van der Waals surface area contributed by atoms with E-state index in [-0.39, 0.29) is 10.8 Å². The minimum Gasteiger partial charge on any atom is -0.0619 e. The molecule has 0 aliphatic heterocycles. The van der Waals surface area contributed by atoms with E-state index in [1.54, 1.807) is 0 Å². The summed E-state index contributed by atoms with van der Waals surface area (Å²) in [6.45, 7) is 4.65. The lowest BCUT2D eigenvalue weighted by molar-refractivity contribution is 0.661. The Morgan fingerprint density at radius 3 is 1.46 bits per heavy atom. The van der Waals surface area contributed by atoms with Crippen LogP contribution in [0.5, 0.6) is 0 Å². The van der Waals surface area contributed by atoms with Gasteiger partial charge in [-0.2, -0.15) is 0 Å². The van der Waals surface area contributed by atoms with E-state index >= 15 is 0 Å². The van der Waals surface area contributed by atoms with Crippen molar-refractivity contribution in [1.82, 2.24) is 0 Å². The zero-order valence-corrected chi connectivity index (χ0v) is 26.4. The molecule has 0 N–H and O–H groups in total. The first-order valence-corrected chi connectivity index (χ1v) is 16.6. The number of rotatable bonds is 0. The highest BCUT2D eigenvalue weighted by molar-refractivity contribution is 6.02. The predicted molar refractivity (Wildman–Crippen MR) is 193 cm³/mol. The molecule has 0 heterocycles. The molecule has 4 bridgehead atoms. The average molecular weight is 589 g/mol. The van der Waals surface area contributed by atoms with Gasteiger partial charge in [0.25, 0.3) is 0 Å². The molecule has 13 rings (SSSR count). The summed E-state index contributed by atoms with van der Waals surface area (Å²) < 4.78 is 0. The summed E-state index contributed by atoms with van der Waals surface area (Å²) in [5, 5.41) is 2.70. The van der Waals surface area contributed by atoms with E-state index < -0.39 is 0 Å². The fraction of sp³-hybridized carbons (Fsp3) is 0.130. The summed E-state index contributed by atoms with van der Waals surface area (Å²) in [7, 11) is 0. The third-order valence-corrected chi connectivity index (χ3v) is 10.9. The number of hydrogen-bond acceptors (Lipinski definition) is 0. The molecule has 0 saturated carbocycles. The van der Waals surface area contributed by atoms with Crippen LogP contribution in [0, 0.1) is 0 Å². The Morgan fingerprint density at radius 1 is 0.391 bits per heavy atom. The maximum Gasteiger partial charge on any atom is 0.0713 e. The maximum atomic E-state index is 2.35. The number of aryl methyl sites for hydroxylation is 2. The Morgan fingerprint density at radius 2 is 0.870 bits per heavy atom. The molecule has 0 nitrogen and oxygen atoms in total. The molecule has 6 aliphatic carbocycles. The summed E-state index contributed by atoms with van der Waals surface area (Å²) in [6.07, 6.45) is 2.19. The maximum absolute atomic E-state index is 2.35. The Hall–Kier alpha value is -5.20. The van der Waals surface area contributed by atoms with Crippen molar-refractivity contribution in [3.63, 3.8) is 0 Å². The molecular formula is C46H36. The Labute approximate surface area is 272 Å². The van der Waals surface area contributed by atoms with E-state index in [0.29, 0.717) is 0 Å². The number of benzene rings is 7. The van der Waals surface area contributed by atoms with Crippen LogP contribution in [0.25, 0.3) is 33.0 Å². The summed E-state index contributed by atoms with van der Waals surface area (Å²) in [5.41, 5.74) is 16.6. The first-order valence-electron chi connectivity index (χ1n) is 16.6. The zero-order valence-electron chi connectivity index (χ0n) is 26.4. The standard InChI is InChI=1S/C27H20.C19H16/c1-3-7-25-23(5-1)24-6-2-4-8-26(24)27(25)21-15-11-19(12-16-21)9-10-20-13-17-22(27)18-14-20;1-19(2)16-10-6-5-9-15(16)18-14-8-4-3-7-13(14)11-12-17(18)19/h1-8,11-18H,9-10H2;3-12H,1-2H3. The molecule has 220 valence electrons. The molecule has 0 saturated heterocycles. The minimum atomic E-state index is -0.241. The normalized spacial score (nSPS) is 15.3. The van der Waals surface area contributed by atoms with Crippen LogP contribution in [-0.4, -0.2) is 0 Å². The van der Waals surface area contributed by atoms with Crippen molar-refractivity contribution in [3.05, 3.63) is 202 Å². The van der Waals surface area contributed by atoms with Crippen molar-refractivity contribution >= 4 is 10.8 Å². The van der Waals surface area contributed by atoms with E-state index in [1.807, 2.05) is 0 Å². The zero-order chi connectivity index (χ0) is 30.9. The first-order chi connectivity index (χ1) is 22.6. The lowest BCUT2D eigenvalue weighted by atomic mass is 9.67. The average Bonchev–Trinajstić information content (AvgIpc) is 3.51. The van der Waals surface area contributed by atoms with Crippen molar-refractivity contribution < 1.29 is 0 Å². The van der Waals surface area contributed by atoms with E-state index in [9.17, 15) is 0 Å². The van der Waals surface area contributed by atoms with Crippen LogP contribution in [0.1, 0.15) is 58.4 Å². The van der Waals surface area contributed by atoms with Crippen LogP contribution in [0.15, 0.2) is 158 Å². The second-order valence-electron chi connectivity index (χ2n) is 13.6. The molecule has 0 heteroatoms. The second kappa shape index (κ2) is 10.2. The molecule has 0 atom stereocenters. The summed E-state index contributed by atoms with van der Waals surface area (Å²) >= 11 is 0. The topological polar surface area (TPSA) is 0 Å². The van der Waals surface area contributed by atoms with Crippen LogP contribution in [0.2, 0.25) is 0 Å². The molecule has 0 amide bonds. The van der Waals surface area contributed by atoms with Crippen LogP contribution < -0.4 is 0 Å². The van der Waals surface area contributed by atoms with Crippen molar-refractivity contribution in [1.29, 1.82) is 0 Å². The smallest absolute Gasteiger partial charge is 0.0619 e. The van der Waals surface area contributed by atoms with Crippen molar-refractivity contribution in [3.8, 4) is 22.3 Å². The largest absolute Gasteiger partial charge is 0.0713 e. The fourth-order valence-electron chi connectivity index (χ4n) is 8.63. The van der Waals surface area contributed by atoms with Gasteiger partial charge in [-0.15, -0.1) is 0 Å². The van der Waals surface area contributed by atoms with E-state index in [2.05, 4.69) is 172 Å². The molecule has 7 aromatic rings. The molecule has 0 radical (unpaired) electrons. The van der Waals surface area contributed by atoms with Crippen molar-refractivity contribution in [2.75, 3.05) is 0 Å². The summed E-state index contributed by atoms with van der Waals surface area (Å²) in [6, 6.07) is 58.6. The van der Waals surface area contributed by atoms with Crippen molar-refractivity contribution in [2.45, 2.75) is 37.5 Å². The van der Waals surface area contributed by atoms with Gasteiger partial charge in [0.05, 0.1) is 5.41 Å². The third kappa shape index (κ3) is 3.80. The molecule has 1 spiro atoms. The Balaban J connectivity index is 0.000000135. The lowest BCUT2D eigenvalue weighted by Crippen LogP contribution is -2.28. The highest BCUT2D eigenvalue weighted by atomic mass is 14.5. The van der Waals surface area contributed by atoms with E-state index in [1.165, 1.54) is 77.5 Å². The SMILES string of the molecule is CC1(C)c2ccccc2-c2c1ccc1ccccc21.c1ccc2c(c1)-c1ccccc1C21c2ccc(cc2)CCc2ccc1cc2. The minimum absolute atomic E-state index is 0.107. The van der Waals surface area contributed by atoms with Gasteiger partial charge in [-0.1, -0.05) is 172 Å². The molecule has 0 fully saturated rings. The van der Waals surface area contributed by atoms with Gasteiger partial charge in [-0.05, 0) is 90.4 Å². The molecule has 7 aromatic carbocycles. The Kier molecular flexibility index (Phi) is 5.99. The number of hydrogen-bond donors (Lipinski definition) is 0. The summed E-state index contributed by atoms with van der Waals surface area (Å²) in [4.78, 5) is 0. The lowest BCUT2D eigenvalue weighted by Gasteiger charge is -2.33. The highest BCUT2D eigenvalue weighted by Gasteiger charge is 2.45. The first kappa shape index (κ1) is 27.1. The van der Waals surface area contributed by atoms with Gasteiger partial charge in [0.2, 0.25) is 0 Å². The van der Waals surface area contributed by atoms with Gasteiger partial charge in [-0.25, -0.2) is 0 Å². The van der Waals surface area contributed by atoms with E-state index in [4.69, 9.17) is 0 Å². The quantitative estimate of drug-likeness (QED) is 0.165. The van der Waals surface area contributed by atoms with Crippen LogP contribution in [0.3, 0.4) is 0 Å². The van der Waals surface area contributed by atoms with Gasteiger partial charge in [0, 0.05) is 5.41 Å². The van der Waals surface area contributed by atoms with Crippen LogP contribution in [-0.2, 0) is 23.7 Å². The van der Waals surface area contributed by atoms with Gasteiger partial charge in [0.1, 0.15) is 0 Å². The predicted octanol–water partition coefficient (Wildman–Crippen LogP) is 11.3. The molecular weight excluding hydrogens is 553 g/mol. The molecule has 0 unspecified atom stereocenters. The fourth-order valence-corrected chi connectivity index (χ4v) is 8.63. The highest BCUT2D eigenvalue weighted by Crippen LogP contribution is 2.56. The molecule has 6 aliphatic rings. The van der Waals surface area contributed by atoms with Gasteiger partial charge in [-0.3, -0.25) is 0 Å².